The Labute approximate surface area is 204 Å². The summed E-state index contributed by atoms with van der Waals surface area (Å²) in [7, 11) is 0. The standard InChI is InChI=1S/C25H30N4O6/c1-3-33-22-13-18(14-27-29-25(32)24(31)26-15-20-8-5-11-34-20)9-10-21(22)35-16-23(30)28-19-7-4-6-17(2)12-19/h4,6-7,9-10,12-14,20H,3,5,8,11,15-16H2,1-2H3,(H,26,31)(H,28,30)(H,29,32)/b27-14-/t20-/m1/s1. The van der Waals surface area contributed by atoms with Gasteiger partial charge in [0.2, 0.25) is 0 Å². The Balaban J connectivity index is 1.50. The van der Waals surface area contributed by atoms with Gasteiger partial charge in [0.05, 0.1) is 18.9 Å². The number of hydrogen-bond acceptors (Lipinski definition) is 7. The van der Waals surface area contributed by atoms with Crippen molar-refractivity contribution in [1.82, 2.24) is 10.7 Å². The predicted octanol–water partition coefficient (Wildman–Crippen LogP) is 2.16. The van der Waals surface area contributed by atoms with E-state index in [1.54, 1.807) is 24.3 Å². The van der Waals surface area contributed by atoms with Gasteiger partial charge in [0.25, 0.3) is 5.91 Å². The molecule has 1 aliphatic rings. The number of aryl methyl sites for hydroxylation is 1. The van der Waals surface area contributed by atoms with Crippen LogP contribution < -0.4 is 25.5 Å². The van der Waals surface area contributed by atoms with Crippen molar-refractivity contribution < 1.29 is 28.6 Å². The van der Waals surface area contributed by atoms with E-state index in [1.165, 1.54) is 6.21 Å². The Hall–Kier alpha value is -3.92. The molecule has 10 heteroatoms. The van der Waals surface area contributed by atoms with E-state index in [4.69, 9.17) is 14.2 Å². The molecular weight excluding hydrogens is 452 g/mol. The maximum Gasteiger partial charge on any atom is 0.329 e. The summed E-state index contributed by atoms with van der Waals surface area (Å²) < 4.78 is 16.7. The maximum absolute atomic E-state index is 12.2. The fraction of sp³-hybridized carbons (Fsp3) is 0.360. The van der Waals surface area contributed by atoms with Gasteiger partial charge in [0, 0.05) is 18.8 Å². The number of carbonyl (C=O) groups is 3. The molecule has 1 heterocycles. The summed E-state index contributed by atoms with van der Waals surface area (Å²) in [6.07, 6.45) is 3.13. The van der Waals surface area contributed by atoms with Crippen molar-refractivity contribution in [2.75, 3.05) is 31.7 Å². The van der Waals surface area contributed by atoms with Gasteiger partial charge in [-0.15, -0.1) is 0 Å². The van der Waals surface area contributed by atoms with E-state index < -0.39 is 11.8 Å². The fourth-order valence-electron chi connectivity index (χ4n) is 3.36. The molecule has 1 saturated heterocycles. The van der Waals surface area contributed by atoms with Crippen LogP contribution in [0.2, 0.25) is 0 Å². The Kier molecular flexibility index (Phi) is 9.61. The number of hydrogen-bond donors (Lipinski definition) is 3. The van der Waals surface area contributed by atoms with Crippen LogP contribution in [0, 0.1) is 6.92 Å². The molecule has 0 unspecified atom stereocenters. The second kappa shape index (κ2) is 13.1. The van der Waals surface area contributed by atoms with Crippen molar-refractivity contribution in [3.63, 3.8) is 0 Å². The molecule has 1 fully saturated rings. The first-order valence-corrected chi connectivity index (χ1v) is 11.4. The molecule has 3 rings (SSSR count). The summed E-state index contributed by atoms with van der Waals surface area (Å²) in [5.74, 6) is -1.14. The highest BCUT2D eigenvalue weighted by Crippen LogP contribution is 2.28. The SMILES string of the molecule is CCOc1cc(/C=N\NC(=O)C(=O)NC[C@H]2CCCO2)ccc1OCC(=O)Nc1cccc(C)c1. The summed E-state index contributed by atoms with van der Waals surface area (Å²) in [5, 5.41) is 9.14. The van der Waals surface area contributed by atoms with Gasteiger partial charge in [0.1, 0.15) is 0 Å². The topological polar surface area (TPSA) is 127 Å². The second-order valence-corrected chi connectivity index (χ2v) is 7.89. The number of anilines is 1. The number of rotatable bonds is 10. The van der Waals surface area contributed by atoms with Gasteiger partial charge in [-0.25, -0.2) is 5.43 Å². The van der Waals surface area contributed by atoms with Gasteiger partial charge < -0.3 is 24.8 Å². The molecule has 1 atom stereocenters. The number of nitrogens with zero attached hydrogens (tertiary/aromatic N) is 1. The number of benzene rings is 2. The molecule has 1 aliphatic heterocycles. The van der Waals surface area contributed by atoms with Crippen LogP contribution in [0.25, 0.3) is 0 Å². The predicted molar refractivity (Wildman–Crippen MR) is 131 cm³/mol. The third kappa shape index (κ3) is 8.42. The van der Waals surface area contributed by atoms with E-state index in [-0.39, 0.29) is 25.2 Å². The summed E-state index contributed by atoms with van der Waals surface area (Å²) in [6, 6.07) is 12.5. The maximum atomic E-state index is 12.2. The Morgan fingerprint density at radius 1 is 1.11 bits per heavy atom. The van der Waals surface area contributed by atoms with Gasteiger partial charge >= 0.3 is 11.8 Å². The molecule has 186 valence electrons. The van der Waals surface area contributed by atoms with E-state index in [1.807, 2.05) is 32.0 Å². The average molecular weight is 483 g/mol. The van der Waals surface area contributed by atoms with Crippen LogP contribution >= 0.6 is 0 Å². The van der Waals surface area contributed by atoms with Crippen LogP contribution in [0.4, 0.5) is 5.69 Å². The van der Waals surface area contributed by atoms with Gasteiger partial charge in [0.15, 0.2) is 18.1 Å². The third-order valence-corrected chi connectivity index (χ3v) is 5.03. The molecule has 2 aromatic rings. The molecule has 3 amide bonds. The average Bonchev–Trinajstić information content (AvgIpc) is 3.36. The molecule has 10 nitrogen and oxygen atoms in total. The number of nitrogens with one attached hydrogen (secondary N) is 3. The van der Waals surface area contributed by atoms with Gasteiger partial charge in [-0.3, -0.25) is 14.4 Å². The van der Waals surface area contributed by atoms with E-state index in [0.717, 1.165) is 18.4 Å². The van der Waals surface area contributed by atoms with Crippen LogP contribution in [-0.2, 0) is 19.1 Å². The quantitative estimate of drug-likeness (QED) is 0.271. The lowest BCUT2D eigenvalue weighted by Crippen LogP contribution is -2.41. The summed E-state index contributed by atoms with van der Waals surface area (Å²) in [4.78, 5) is 36.0. The molecule has 35 heavy (non-hydrogen) atoms. The summed E-state index contributed by atoms with van der Waals surface area (Å²) >= 11 is 0. The van der Waals surface area contributed by atoms with Gasteiger partial charge in [-0.05, 0) is 68.1 Å². The minimum absolute atomic E-state index is 0.0541. The van der Waals surface area contributed by atoms with E-state index in [2.05, 4.69) is 21.2 Å². The molecule has 0 aromatic heterocycles. The molecule has 0 spiro atoms. The Morgan fingerprint density at radius 2 is 1.97 bits per heavy atom. The molecule has 3 N–H and O–H groups in total. The van der Waals surface area contributed by atoms with Gasteiger partial charge in [-0.1, -0.05) is 12.1 Å². The lowest BCUT2D eigenvalue weighted by Gasteiger charge is -2.13. The Morgan fingerprint density at radius 3 is 2.71 bits per heavy atom. The normalized spacial score (nSPS) is 15.0. The zero-order valence-corrected chi connectivity index (χ0v) is 19.8. The van der Waals surface area contributed by atoms with Gasteiger partial charge in [-0.2, -0.15) is 5.10 Å². The van der Waals surface area contributed by atoms with Crippen molar-refractivity contribution in [1.29, 1.82) is 0 Å². The highest BCUT2D eigenvalue weighted by atomic mass is 16.5. The zero-order valence-electron chi connectivity index (χ0n) is 19.8. The number of amides is 3. The molecular formula is C25H30N4O6. The lowest BCUT2D eigenvalue weighted by molar-refractivity contribution is -0.139. The number of carbonyl (C=O) groups excluding carboxylic acids is 3. The largest absolute Gasteiger partial charge is 0.490 e. The molecule has 0 bridgehead atoms. The van der Waals surface area contributed by atoms with Crippen LogP contribution in [0.1, 0.15) is 30.9 Å². The number of ether oxygens (including phenoxy) is 3. The van der Waals surface area contributed by atoms with E-state index in [0.29, 0.717) is 36.0 Å². The van der Waals surface area contributed by atoms with Crippen LogP contribution in [0.5, 0.6) is 11.5 Å². The van der Waals surface area contributed by atoms with Crippen LogP contribution in [0.3, 0.4) is 0 Å². The van der Waals surface area contributed by atoms with Crippen molar-refractivity contribution in [3.8, 4) is 11.5 Å². The first-order valence-electron chi connectivity index (χ1n) is 11.4. The zero-order chi connectivity index (χ0) is 25.0. The highest BCUT2D eigenvalue weighted by molar-refractivity contribution is 6.35. The fourth-order valence-corrected chi connectivity index (χ4v) is 3.36. The monoisotopic (exact) mass is 482 g/mol. The molecule has 0 radical (unpaired) electrons. The van der Waals surface area contributed by atoms with Crippen LogP contribution in [0.15, 0.2) is 47.6 Å². The smallest absolute Gasteiger partial charge is 0.329 e. The van der Waals surface area contributed by atoms with Crippen LogP contribution in [-0.4, -0.2) is 56.4 Å². The summed E-state index contributed by atoms with van der Waals surface area (Å²) in [5.41, 5.74) is 4.52. The van der Waals surface area contributed by atoms with Crippen molar-refractivity contribution in [2.24, 2.45) is 5.10 Å². The third-order valence-electron chi connectivity index (χ3n) is 5.03. The first-order chi connectivity index (χ1) is 16.9. The first kappa shape index (κ1) is 25.7. The second-order valence-electron chi connectivity index (χ2n) is 7.89. The molecule has 0 saturated carbocycles. The van der Waals surface area contributed by atoms with Crippen molar-refractivity contribution in [2.45, 2.75) is 32.8 Å². The minimum Gasteiger partial charge on any atom is -0.490 e. The van der Waals surface area contributed by atoms with E-state index in [9.17, 15) is 14.4 Å². The molecule has 2 aromatic carbocycles. The van der Waals surface area contributed by atoms with Crippen molar-refractivity contribution >= 4 is 29.6 Å². The van der Waals surface area contributed by atoms with Crippen molar-refractivity contribution in [3.05, 3.63) is 53.6 Å². The summed E-state index contributed by atoms with van der Waals surface area (Å²) in [6.45, 7) is 4.92. The lowest BCUT2D eigenvalue weighted by atomic mass is 10.2. The number of hydrazone groups is 1. The molecule has 0 aliphatic carbocycles. The Bertz CT molecular complexity index is 1070. The minimum atomic E-state index is -0.871. The van der Waals surface area contributed by atoms with E-state index >= 15 is 0 Å². The highest BCUT2D eigenvalue weighted by Gasteiger charge is 2.19.